The summed E-state index contributed by atoms with van der Waals surface area (Å²) in [5.74, 6) is 0.556. The molecule has 1 aromatic carbocycles. The van der Waals surface area contributed by atoms with Crippen LogP contribution < -0.4 is 4.74 Å². The van der Waals surface area contributed by atoms with Crippen molar-refractivity contribution in [3.05, 3.63) is 28.7 Å². The van der Waals surface area contributed by atoms with E-state index in [0.717, 1.165) is 4.47 Å². The molecule has 0 radical (unpaired) electrons. The van der Waals surface area contributed by atoms with E-state index in [1.54, 1.807) is 17.9 Å². The Morgan fingerprint density at radius 2 is 2.18 bits per heavy atom. The van der Waals surface area contributed by atoms with Gasteiger partial charge in [-0.25, -0.2) is 0 Å². The van der Waals surface area contributed by atoms with Crippen LogP contribution in [0.3, 0.4) is 0 Å². The SMILES string of the molecule is CC(Oc1ccccc1Br)C(=O)N1CC(O)C1. The first-order valence-electron chi connectivity index (χ1n) is 5.46. The van der Waals surface area contributed by atoms with Gasteiger partial charge < -0.3 is 14.7 Å². The van der Waals surface area contributed by atoms with Crippen molar-refractivity contribution in [3.63, 3.8) is 0 Å². The molecule has 0 aliphatic carbocycles. The van der Waals surface area contributed by atoms with Gasteiger partial charge in [0.05, 0.1) is 10.6 Å². The van der Waals surface area contributed by atoms with Crippen LogP contribution in [-0.2, 0) is 4.79 Å². The lowest BCUT2D eigenvalue weighted by Gasteiger charge is -2.37. The third kappa shape index (κ3) is 2.79. The highest BCUT2D eigenvalue weighted by atomic mass is 79.9. The first kappa shape index (κ1) is 12.4. The summed E-state index contributed by atoms with van der Waals surface area (Å²) in [4.78, 5) is 13.5. The van der Waals surface area contributed by atoms with Gasteiger partial charge in [0.15, 0.2) is 6.10 Å². The molecule has 1 fully saturated rings. The summed E-state index contributed by atoms with van der Waals surface area (Å²) in [7, 11) is 0. The van der Waals surface area contributed by atoms with Crippen molar-refractivity contribution in [2.75, 3.05) is 13.1 Å². The number of ether oxygens (including phenoxy) is 1. The highest BCUT2D eigenvalue weighted by molar-refractivity contribution is 9.10. The molecule has 0 bridgehead atoms. The lowest BCUT2D eigenvalue weighted by atomic mass is 10.1. The zero-order chi connectivity index (χ0) is 12.4. The van der Waals surface area contributed by atoms with E-state index in [1.165, 1.54) is 0 Å². The van der Waals surface area contributed by atoms with Crippen molar-refractivity contribution in [1.82, 2.24) is 4.90 Å². The van der Waals surface area contributed by atoms with Crippen LogP contribution in [-0.4, -0.2) is 41.2 Å². The number of carbonyl (C=O) groups excluding carboxylic acids is 1. The Labute approximate surface area is 108 Å². The maximum atomic E-state index is 11.9. The zero-order valence-corrected chi connectivity index (χ0v) is 11.1. The lowest BCUT2D eigenvalue weighted by molar-refractivity contribution is -0.148. The number of β-amino-alcohol motifs (C(OH)–C–C–N with tert-alkyl or cyclic N) is 1. The van der Waals surface area contributed by atoms with E-state index in [9.17, 15) is 4.79 Å². The smallest absolute Gasteiger partial charge is 0.263 e. The Bertz CT molecular complexity index is 418. The molecule has 1 atom stereocenters. The maximum Gasteiger partial charge on any atom is 0.263 e. The topological polar surface area (TPSA) is 49.8 Å². The van der Waals surface area contributed by atoms with Crippen LogP contribution in [0.25, 0.3) is 0 Å². The number of hydrogen-bond donors (Lipinski definition) is 1. The third-order valence-corrected chi connectivity index (χ3v) is 3.32. The number of para-hydroxylation sites is 1. The Kier molecular flexibility index (Phi) is 3.69. The molecule has 17 heavy (non-hydrogen) atoms. The highest BCUT2D eigenvalue weighted by Gasteiger charge is 2.32. The van der Waals surface area contributed by atoms with E-state index >= 15 is 0 Å². The minimum atomic E-state index is -0.541. The monoisotopic (exact) mass is 299 g/mol. The van der Waals surface area contributed by atoms with Crippen molar-refractivity contribution in [3.8, 4) is 5.75 Å². The molecule has 1 amide bonds. The van der Waals surface area contributed by atoms with Gasteiger partial charge in [-0.2, -0.15) is 0 Å². The molecule has 1 aliphatic heterocycles. The molecule has 0 saturated carbocycles. The first-order valence-corrected chi connectivity index (χ1v) is 6.25. The molecule has 2 rings (SSSR count). The summed E-state index contributed by atoms with van der Waals surface area (Å²) in [6.07, 6.45) is -0.921. The molecule has 1 N–H and O–H groups in total. The van der Waals surface area contributed by atoms with Gasteiger partial charge in [-0.3, -0.25) is 4.79 Å². The van der Waals surface area contributed by atoms with Crippen LogP contribution in [0.1, 0.15) is 6.92 Å². The van der Waals surface area contributed by atoms with E-state index in [1.807, 2.05) is 18.2 Å². The fourth-order valence-electron chi connectivity index (χ4n) is 1.67. The maximum absolute atomic E-state index is 11.9. The van der Waals surface area contributed by atoms with Crippen molar-refractivity contribution < 1.29 is 14.6 Å². The quantitative estimate of drug-likeness (QED) is 0.918. The number of benzene rings is 1. The molecular formula is C12H14BrNO3. The summed E-state index contributed by atoms with van der Waals surface area (Å²) in [6.45, 7) is 2.53. The van der Waals surface area contributed by atoms with Gasteiger partial charge in [0.25, 0.3) is 5.91 Å². The van der Waals surface area contributed by atoms with E-state index in [2.05, 4.69) is 15.9 Å². The fraction of sp³-hybridized carbons (Fsp3) is 0.417. The standard InChI is InChI=1S/C12H14BrNO3/c1-8(12(16)14-6-9(15)7-14)17-11-5-3-2-4-10(11)13/h2-5,8-9,15H,6-7H2,1H3. The van der Waals surface area contributed by atoms with Crippen molar-refractivity contribution in [2.24, 2.45) is 0 Å². The van der Waals surface area contributed by atoms with Crippen LogP contribution >= 0.6 is 15.9 Å². The molecule has 5 heteroatoms. The number of amides is 1. The van der Waals surface area contributed by atoms with E-state index in [0.29, 0.717) is 18.8 Å². The molecule has 0 aromatic heterocycles. The van der Waals surface area contributed by atoms with Crippen LogP contribution in [0.4, 0.5) is 0 Å². The largest absolute Gasteiger partial charge is 0.480 e. The second-order valence-corrected chi connectivity index (χ2v) is 4.94. The number of likely N-dealkylation sites (tertiary alicyclic amines) is 1. The van der Waals surface area contributed by atoms with Gasteiger partial charge in [0.1, 0.15) is 5.75 Å². The van der Waals surface area contributed by atoms with E-state index in [4.69, 9.17) is 9.84 Å². The number of halogens is 1. The van der Waals surface area contributed by atoms with Gasteiger partial charge in [0.2, 0.25) is 0 Å². The molecule has 4 nitrogen and oxygen atoms in total. The number of hydrogen-bond acceptors (Lipinski definition) is 3. The summed E-state index contributed by atoms with van der Waals surface area (Å²) >= 11 is 3.36. The number of aliphatic hydroxyl groups excluding tert-OH is 1. The predicted octanol–water partition coefficient (Wildman–Crippen LogP) is 1.42. The fourth-order valence-corrected chi connectivity index (χ4v) is 2.05. The summed E-state index contributed by atoms with van der Waals surface area (Å²) in [5, 5.41) is 9.14. The van der Waals surface area contributed by atoms with Gasteiger partial charge >= 0.3 is 0 Å². The molecule has 1 heterocycles. The van der Waals surface area contributed by atoms with Crippen molar-refractivity contribution in [2.45, 2.75) is 19.1 Å². The summed E-state index contributed by atoms with van der Waals surface area (Å²) in [6, 6.07) is 7.40. The molecular weight excluding hydrogens is 286 g/mol. The van der Waals surface area contributed by atoms with Gasteiger partial charge in [0, 0.05) is 13.1 Å². The Hall–Kier alpha value is -1.07. The Balaban J connectivity index is 1.95. The molecule has 1 aromatic rings. The second kappa shape index (κ2) is 5.06. The average molecular weight is 300 g/mol. The summed E-state index contributed by atoms with van der Waals surface area (Å²) < 4.78 is 6.40. The van der Waals surface area contributed by atoms with Gasteiger partial charge in [-0.15, -0.1) is 0 Å². The number of nitrogens with zero attached hydrogens (tertiary/aromatic N) is 1. The second-order valence-electron chi connectivity index (χ2n) is 4.09. The first-order chi connectivity index (χ1) is 8.08. The van der Waals surface area contributed by atoms with Crippen LogP contribution in [0.2, 0.25) is 0 Å². The zero-order valence-electron chi connectivity index (χ0n) is 9.47. The normalized spacial score (nSPS) is 17.5. The van der Waals surface area contributed by atoms with Crippen molar-refractivity contribution in [1.29, 1.82) is 0 Å². The average Bonchev–Trinajstić information content (AvgIpc) is 2.27. The minimum Gasteiger partial charge on any atom is -0.480 e. The Morgan fingerprint density at radius 1 is 1.53 bits per heavy atom. The molecule has 1 unspecified atom stereocenters. The Morgan fingerprint density at radius 3 is 2.76 bits per heavy atom. The molecule has 1 aliphatic rings. The number of aliphatic hydroxyl groups is 1. The van der Waals surface area contributed by atoms with Crippen LogP contribution in [0.5, 0.6) is 5.75 Å². The van der Waals surface area contributed by atoms with Gasteiger partial charge in [-0.05, 0) is 35.0 Å². The third-order valence-electron chi connectivity index (χ3n) is 2.66. The van der Waals surface area contributed by atoms with E-state index in [-0.39, 0.29) is 12.0 Å². The minimum absolute atomic E-state index is 0.0916. The van der Waals surface area contributed by atoms with Gasteiger partial charge in [-0.1, -0.05) is 12.1 Å². The lowest BCUT2D eigenvalue weighted by Crippen LogP contribution is -2.56. The molecule has 1 saturated heterocycles. The van der Waals surface area contributed by atoms with Crippen LogP contribution in [0.15, 0.2) is 28.7 Å². The number of rotatable bonds is 3. The van der Waals surface area contributed by atoms with E-state index < -0.39 is 6.10 Å². The summed E-state index contributed by atoms with van der Waals surface area (Å²) in [5.41, 5.74) is 0. The van der Waals surface area contributed by atoms with Crippen LogP contribution in [0, 0.1) is 0 Å². The highest BCUT2D eigenvalue weighted by Crippen LogP contribution is 2.25. The molecule has 0 spiro atoms. The van der Waals surface area contributed by atoms with Crippen molar-refractivity contribution >= 4 is 21.8 Å². The molecule has 92 valence electrons. The number of carbonyl (C=O) groups is 1. The predicted molar refractivity (Wildman–Crippen MR) is 66.8 cm³/mol.